The minimum Gasteiger partial charge on any atom is -0.360 e. The Morgan fingerprint density at radius 2 is 1.77 bits per heavy atom. The second-order valence-corrected chi connectivity index (χ2v) is 6.52. The van der Waals surface area contributed by atoms with E-state index in [1.165, 1.54) is 17.0 Å². The maximum Gasteiger partial charge on any atom is 0.282 e. The molecule has 1 aliphatic rings. The number of halogens is 1. The minimum atomic E-state index is -0.230. The van der Waals surface area contributed by atoms with Crippen LogP contribution in [0.3, 0.4) is 0 Å². The second kappa shape index (κ2) is 7.98. The zero-order valence-electron chi connectivity index (χ0n) is 14.7. The van der Waals surface area contributed by atoms with Gasteiger partial charge in [-0.2, -0.15) is 5.26 Å². The Hall–Kier alpha value is -2.91. The van der Waals surface area contributed by atoms with Crippen molar-refractivity contribution in [2.24, 2.45) is 0 Å². The number of nitrogens with zero attached hydrogens (tertiary/aromatic N) is 2. The molecule has 0 unspecified atom stereocenters. The highest BCUT2D eigenvalue weighted by atomic mass is 19.1. The Morgan fingerprint density at radius 1 is 1.15 bits per heavy atom. The van der Waals surface area contributed by atoms with Crippen LogP contribution in [0.4, 0.5) is 15.8 Å². The van der Waals surface area contributed by atoms with Gasteiger partial charge < -0.3 is 15.1 Å². The topological polar surface area (TPSA) is 60.6 Å². The van der Waals surface area contributed by atoms with E-state index in [2.05, 4.69) is 16.3 Å². The SMILES string of the molecule is C[C@H](C(=O)Nc1ccc(C#N)cc1)[NH+]1CCN(c2ccc(F)cc2)CC1. The van der Waals surface area contributed by atoms with Gasteiger partial charge in [0.25, 0.3) is 5.91 Å². The number of rotatable bonds is 4. The molecule has 1 amide bonds. The first-order valence-electron chi connectivity index (χ1n) is 8.73. The first kappa shape index (κ1) is 17.9. The van der Waals surface area contributed by atoms with Crippen molar-refractivity contribution in [2.75, 3.05) is 36.4 Å². The van der Waals surface area contributed by atoms with Crippen molar-refractivity contribution in [2.45, 2.75) is 13.0 Å². The molecular weight excluding hydrogens is 331 g/mol. The van der Waals surface area contributed by atoms with Crippen molar-refractivity contribution in [3.05, 3.63) is 59.9 Å². The third-order valence-corrected chi connectivity index (χ3v) is 4.88. The summed E-state index contributed by atoms with van der Waals surface area (Å²) in [5.74, 6) is -0.258. The highest BCUT2D eigenvalue weighted by Crippen LogP contribution is 2.14. The summed E-state index contributed by atoms with van der Waals surface area (Å²) in [7, 11) is 0. The number of benzene rings is 2. The second-order valence-electron chi connectivity index (χ2n) is 6.52. The van der Waals surface area contributed by atoms with Crippen molar-refractivity contribution < 1.29 is 14.1 Å². The number of nitrogens with one attached hydrogen (secondary N) is 2. The van der Waals surface area contributed by atoms with E-state index in [-0.39, 0.29) is 17.8 Å². The third-order valence-electron chi connectivity index (χ3n) is 4.88. The Balaban J connectivity index is 1.53. The van der Waals surface area contributed by atoms with Gasteiger partial charge in [0.05, 0.1) is 37.8 Å². The standard InChI is InChI=1S/C20H21FN4O/c1-15(20(26)23-18-6-2-16(14-22)3-7-18)24-10-12-25(13-11-24)19-8-4-17(21)5-9-19/h2-9,15H,10-13H2,1H3,(H,23,26)/p+1/t15-/m1/s1. The molecule has 26 heavy (non-hydrogen) atoms. The molecule has 6 heteroatoms. The van der Waals surface area contributed by atoms with E-state index in [9.17, 15) is 9.18 Å². The molecule has 2 aromatic rings. The smallest absolute Gasteiger partial charge is 0.282 e. The van der Waals surface area contributed by atoms with E-state index in [1.807, 2.05) is 6.92 Å². The van der Waals surface area contributed by atoms with E-state index in [4.69, 9.17) is 5.26 Å². The normalized spacial score (nSPS) is 16.0. The maximum absolute atomic E-state index is 13.0. The van der Waals surface area contributed by atoms with Crippen LogP contribution in [0.15, 0.2) is 48.5 Å². The van der Waals surface area contributed by atoms with Crippen LogP contribution in [0, 0.1) is 17.1 Å². The molecule has 0 radical (unpaired) electrons. The Bertz CT molecular complexity index is 790. The summed E-state index contributed by atoms with van der Waals surface area (Å²) < 4.78 is 13.0. The van der Waals surface area contributed by atoms with Gasteiger partial charge in [0.2, 0.25) is 0 Å². The Morgan fingerprint density at radius 3 is 2.35 bits per heavy atom. The summed E-state index contributed by atoms with van der Waals surface area (Å²) in [6.45, 7) is 5.28. The first-order chi connectivity index (χ1) is 12.6. The summed E-state index contributed by atoms with van der Waals surface area (Å²) in [5, 5.41) is 11.7. The van der Waals surface area contributed by atoms with E-state index in [1.54, 1.807) is 36.4 Å². The number of quaternary nitrogens is 1. The predicted molar refractivity (Wildman–Crippen MR) is 98.6 cm³/mol. The van der Waals surface area contributed by atoms with Gasteiger partial charge in [-0.15, -0.1) is 0 Å². The predicted octanol–water partition coefficient (Wildman–Crippen LogP) is 1.43. The van der Waals surface area contributed by atoms with Crippen LogP contribution in [0.2, 0.25) is 0 Å². The Kier molecular flexibility index (Phi) is 5.49. The van der Waals surface area contributed by atoms with Crippen LogP contribution in [-0.2, 0) is 4.79 Å². The van der Waals surface area contributed by atoms with E-state index in [0.717, 1.165) is 31.9 Å². The molecule has 0 aliphatic carbocycles. The number of hydrogen-bond acceptors (Lipinski definition) is 3. The summed E-state index contributed by atoms with van der Waals surface area (Å²) in [6.07, 6.45) is 0. The van der Waals surface area contributed by atoms with Crippen LogP contribution in [0.25, 0.3) is 0 Å². The van der Waals surface area contributed by atoms with Gasteiger partial charge in [-0.1, -0.05) is 0 Å². The molecule has 2 aromatic carbocycles. The maximum atomic E-state index is 13.0. The van der Waals surface area contributed by atoms with Crippen molar-refractivity contribution in [3.8, 4) is 6.07 Å². The largest absolute Gasteiger partial charge is 0.360 e. The first-order valence-corrected chi connectivity index (χ1v) is 8.73. The molecule has 1 saturated heterocycles. The molecule has 2 N–H and O–H groups in total. The Labute approximate surface area is 152 Å². The number of piperazine rings is 1. The molecule has 0 spiro atoms. The van der Waals surface area contributed by atoms with Crippen molar-refractivity contribution >= 4 is 17.3 Å². The molecule has 0 bridgehead atoms. The molecule has 1 atom stereocenters. The van der Waals surface area contributed by atoms with Crippen LogP contribution in [0.5, 0.6) is 0 Å². The third kappa shape index (κ3) is 4.19. The molecule has 0 aromatic heterocycles. The summed E-state index contributed by atoms with van der Waals surface area (Å²) in [4.78, 5) is 16.0. The lowest BCUT2D eigenvalue weighted by molar-refractivity contribution is -0.914. The van der Waals surface area contributed by atoms with Gasteiger partial charge in [0.15, 0.2) is 6.04 Å². The molecular formula is C20H22FN4O+. The monoisotopic (exact) mass is 353 g/mol. The zero-order chi connectivity index (χ0) is 18.5. The van der Waals surface area contributed by atoms with Gasteiger partial charge >= 0.3 is 0 Å². The van der Waals surface area contributed by atoms with Gasteiger partial charge in [-0.25, -0.2) is 4.39 Å². The molecule has 1 fully saturated rings. The minimum absolute atomic E-state index is 0.0278. The van der Waals surface area contributed by atoms with Gasteiger partial charge in [0, 0.05) is 11.4 Å². The quantitative estimate of drug-likeness (QED) is 0.874. The lowest BCUT2D eigenvalue weighted by atomic mass is 10.2. The number of anilines is 2. The average molecular weight is 353 g/mol. The number of carbonyl (C=O) groups excluding carboxylic acids is 1. The fourth-order valence-corrected chi connectivity index (χ4v) is 3.20. The van der Waals surface area contributed by atoms with Gasteiger partial charge in [-0.3, -0.25) is 4.79 Å². The summed E-state index contributed by atoms with van der Waals surface area (Å²) >= 11 is 0. The van der Waals surface area contributed by atoms with Gasteiger partial charge in [0.1, 0.15) is 5.82 Å². The highest BCUT2D eigenvalue weighted by molar-refractivity contribution is 5.93. The molecule has 5 nitrogen and oxygen atoms in total. The molecule has 1 heterocycles. The molecule has 134 valence electrons. The molecule has 0 saturated carbocycles. The number of amides is 1. The number of carbonyl (C=O) groups is 1. The van der Waals surface area contributed by atoms with Crippen LogP contribution < -0.4 is 15.1 Å². The fraction of sp³-hybridized carbons (Fsp3) is 0.300. The van der Waals surface area contributed by atoms with Crippen molar-refractivity contribution in [3.63, 3.8) is 0 Å². The van der Waals surface area contributed by atoms with Crippen molar-refractivity contribution in [1.82, 2.24) is 0 Å². The number of nitriles is 1. The van der Waals surface area contributed by atoms with E-state index < -0.39 is 0 Å². The summed E-state index contributed by atoms with van der Waals surface area (Å²) in [6, 6.07) is 15.3. The van der Waals surface area contributed by atoms with Crippen LogP contribution in [-0.4, -0.2) is 38.1 Å². The summed E-state index contributed by atoms with van der Waals surface area (Å²) in [5.41, 5.74) is 2.28. The molecule has 1 aliphatic heterocycles. The van der Waals surface area contributed by atoms with Crippen molar-refractivity contribution in [1.29, 1.82) is 5.26 Å². The van der Waals surface area contributed by atoms with Crippen LogP contribution >= 0.6 is 0 Å². The van der Waals surface area contributed by atoms with E-state index in [0.29, 0.717) is 11.3 Å². The average Bonchev–Trinajstić information content (AvgIpc) is 2.69. The highest BCUT2D eigenvalue weighted by Gasteiger charge is 2.29. The lowest BCUT2D eigenvalue weighted by Gasteiger charge is -2.36. The van der Waals surface area contributed by atoms with Crippen LogP contribution in [0.1, 0.15) is 12.5 Å². The molecule has 3 rings (SSSR count). The fourth-order valence-electron chi connectivity index (χ4n) is 3.20. The van der Waals surface area contributed by atoms with Gasteiger partial charge in [-0.05, 0) is 55.5 Å². The lowest BCUT2D eigenvalue weighted by Crippen LogP contribution is -3.19. The zero-order valence-corrected chi connectivity index (χ0v) is 14.7. The van der Waals surface area contributed by atoms with E-state index >= 15 is 0 Å². The number of hydrogen-bond donors (Lipinski definition) is 2.